The monoisotopic (exact) mass is 243 g/mol. The van der Waals surface area contributed by atoms with Gasteiger partial charge in [-0.25, -0.2) is 13.4 Å². The summed E-state index contributed by atoms with van der Waals surface area (Å²) in [6, 6.07) is 0. The molecule has 0 saturated carbocycles. The van der Waals surface area contributed by atoms with Crippen molar-refractivity contribution < 1.29 is 8.42 Å². The number of aromatic amines is 1. The molecule has 1 saturated heterocycles. The zero-order chi connectivity index (χ0) is 11.8. The molecule has 1 aromatic rings. The summed E-state index contributed by atoms with van der Waals surface area (Å²) < 4.78 is 25.9. The Morgan fingerprint density at radius 2 is 2.06 bits per heavy atom. The Labute approximate surface area is 95.9 Å². The van der Waals surface area contributed by atoms with Crippen LogP contribution in [0.3, 0.4) is 0 Å². The van der Waals surface area contributed by atoms with Crippen LogP contribution in [0, 0.1) is 12.8 Å². The molecule has 1 aliphatic heterocycles. The quantitative estimate of drug-likeness (QED) is 0.847. The van der Waals surface area contributed by atoms with Gasteiger partial charge < -0.3 is 4.98 Å². The van der Waals surface area contributed by atoms with Gasteiger partial charge in [0.2, 0.25) is 0 Å². The number of nitrogens with zero attached hydrogens (tertiary/aromatic N) is 2. The lowest BCUT2D eigenvalue weighted by Gasteiger charge is -2.28. The van der Waals surface area contributed by atoms with E-state index in [1.807, 2.05) is 0 Å². The maximum atomic E-state index is 12.2. The minimum atomic E-state index is -3.35. The van der Waals surface area contributed by atoms with E-state index in [2.05, 4.69) is 16.9 Å². The minimum absolute atomic E-state index is 0.208. The summed E-state index contributed by atoms with van der Waals surface area (Å²) in [7, 11) is -3.35. The third-order valence-corrected chi connectivity index (χ3v) is 4.85. The molecule has 0 radical (unpaired) electrons. The molecule has 6 heteroatoms. The average Bonchev–Trinajstić information content (AvgIpc) is 2.66. The van der Waals surface area contributed by atoms with Crippen LogP contribution in [0.2, 0.25) is 0 Å². The van der Waals surface area contributed by atoms with E-state index in [9.17, 15) is 8.42 Å². The molecule has 90 valence electrons. The minimum Gasteiger partial charge on any atom is -0.332 e. The van der Waals surface area contributed by atoms with Crippen molar-refractivity contribution in [3.05, 3.63) is 12.0 Å². The van der Waals surface area contributed by atoms with Crippen molar-refractivity contribution in [1.82, 2.24) is 14.3 Å². The third-order valence-electron chi connectivity index (χ3n) is 3.04. The normalized spacial score (nSPS) is 20.1. The Bertz CT molecular complexity index is 458. The molecule has 16 heavy (non-hydrogen) atoms. The predicted octanol–water partition coefficient (Wildman–Crippen LogP) is 1.14. The van der Waals surface area contributed by atoms with Gasteiger partial charge in [-0.1, -0.05) is 6.92 Å². The number of hydrogen-bond acceptors (Lipinski definition) is 3. The molecular weight excluding hydrogens is 226 g/mol. The van der Waals surface area contributed by atoms with Crippen LogP contribution in [-0.4, -0.2) is 35.8 Å². The number of aryl methyl sites for hydroxylation is 1. The molecule has 5 nitrogen and oxygen atoms in total. The molecule has 2 heterocycles. The second-order valence-electron chi connectivity index (χ2n) is 4.42. The Balaban J connectivity index is 2.20. The largest absolute Gasteiger partial charge is 0.332 e. The molecule has 0 spiro atoms. The molecule has 0 aromatic carbocycles. The second-order valence-corrected chi connectivity index (χ2v) is 6.33. The topological polar surface area (TPSA) is 66.1 Å². The maximum absolute atomic E-state index is 12.2. The average molecular weight is 243 g/mol. The number of nitrogens with one attached hydrogen (secondary N) is 1. The van der Waals surface area contributed by atoms with Crippen LogP contribution in [-0.2, 0) is 10.0 Å². The number of piperidine rings is 1. The van der Waals surface area contributed by atoms with Gasteiger partial charge in [0.25, 0.3) is 10.0 Å². The van der Waals surface area contributed by atoms with Crippen LogP contribution in [0.1, 0.15) is 25.6 Å². The van der Waals surface area contributed by atoms with Gasteiger partial charge in [-0.2, -0.15) is 4.31 Å². The van der Waals surface area contributed by atoms with Crippen LogP contribution in [0.15, 0.2) is 11.2 Å². The lowest BCUT2D eigenvalue weighted by molar-refractivity contribution is 0.287. The van der Waals surface area contributed by atoms with Crippen molar-refractivity contribution in [3.8, 4) is 0 Å². The van der Waals surface area contributed by atoms with E-state index in [1.165, 1.54) is 6.20 Å². The molecule has 1 fully saturated rings. The summed E-state index contributed by atoms with van der Waals surface area (Å²) in [5.41, 5.74) is 0. The first-order valence-electron chi connectivity index (χ1n) is 5.52. The summed E-state index contributed by atoms with van der Waals surface area (Å²) in [5, 5.41) is 0.208. The molecular formula is C10H17N3O2S. The Morgan fingerprint density at radius 3 is 2.56 bits per heavy atom. The molecule has 0 atom stereocenters. The van der Waals surface area contributed by atoms with Crippen LogP contribution in [0.25, 0.3) is 0 Å². The zero-order valence-electron chi connectivity index (χ0n) is 9.60. The number of aromatic nitrogens is 2. The van der Waals surface area contributed by atoms with Crippen molar-refractivity contribution in [2.45, 2.75) is 31.7 Å². The number of hydrogen-bond donors (Lipinski definition) is 1. The lowest BCUT2D eigenvalue weighted by atomic mass is 10.0. The molecule has 2 rings (SSSR count). The zero-order valence-corrected chi connectivity index (χ0v) is 10.4. The summed E-state index contributed by atoms with van der Waals surface area (Å²) in [6.45, 7) is 5.13. The molecule has 1 aromatic heterocycles. The number of sulfonamides is 1. The van der Waals surface area contributed by atoms with E-state index < -0.39 is 10.0 Å². The summed E-state index contributed by atoms with van der Waals surface area (Å²) >= 11 is 0. The predicted molar refractivity (Wildman–Crippen MR) is 60.5 cm³/mol. The van der Waals surface area contributed by atoms with E-state index in [1.54, 1.807) is 11.2 Å². The smallest absolute Gasteiger partial charge is 0.260 e. The van der Waals surface area contributed by atoms with E-state index in [4.69, 9.17) is 0 Å². The Kier molecular flexibility index (Phi) is 3.03. The number of imidazole rings is 1. The van der Waals surface area contributed by atoms with E-state index in [0.717, 1.165) is 12.8 Å². The van der Waals surface area contributed by atoms with Gasteiger partial charge in [-0.05, 0) is 25.7 Å². The van der Waals surface area contributed by atoms with Crippen molar-refractivity contribution in [2.24, 2.45) is 5.92 Å². The highest BCUT2D eigenvalue weighted by Crippen LogP contribution is 2.22. The van der Waals surface area contributed by atoms with Gasteiger partial charge >= 0.3 is 0 Å². The van der Waals surface area contributed by atoms with Gasteiger partial charge in [0.1, 0.15) is 5.82 Å². The van der Waals surface area contributed by atoms with Crippen LogP contribution in [0.4, 0.5) is 0 Å². The summed E-state index contributed by atoms with van der Waals surface area (Å²) in [6.07, 6.45) is 3.27. The molecule has 0 aliphatic carbocycles. The van der Waals surface area contributed by atoms with Gasteiger partial charge in [-0.15, -0.1) is 0 Å². The van der Waals surface area contributed by atoms with Crippen molar-refractivity contribution in [2.75, 3.05) is 13.1 Å². The summed E-state index contributed by atoms with van der Waals surface area (Å²) in [5.74, 6) is 1.25. The van der Waals surface area contributed by atoms with E-state index >= 15 is 0 Å². The highest BCUT2D eigenvalue weighted by atomic mass is 32.2. The SMILES string of the molecule is Cc1ncc(S(=O)(=O)N2CCC(C)CC2)[nH]1. The van der Waals surface area contributed by atoms with E-state index in [-0.39, 0.29) is 5.03 Å². The first-order chi connectivity index (χ1) is 7.50. The van der Waals surface area contributed by atoms with Crippen LogP contribution < -0.4 is 0 Å². The van der Waals surface area contributed by atoms with Gasteiger partial charge in [-0.3, -0.25) is 0 Å². The number of H-pyrrole nitrogens is 1. The molecule has 1 aliphatic rings. The van der Waals surface area contributed by atoms with Gasteiger partial charge in [0, 0.05) is 13.1 Å². The van der Waals surface area contributed by atoms with Gasteiger partial charge in [0.15, 0.2) is 5.03 Å². The van der Waals surface area contributed by atoms with Crippen molar-refractivity contribution >= 4 is 10.0 Å². The van der Waals surface area contributed by atoms with E-state index in [0.29, 0.717) is 24.8 Å². The highest BCUT2D eigenvalue weighted by molar-refractivity contribution is 7.89. The van der Waals surface area contributed by atoms with Crippen molar-refractivity contribution in [3.63, 3.8) is 0 Å². The fourth-order valence-corrected chi connectivity index (χ4v) is 3.33. The first-order valence-corrected chi connectivity index (χ1v) is 6.96. The highest BCUT2D eigenvalue weighted by Gasteiger charge is 2.29. The Hall–Kier alpha value is -0.880. The maximum Gasteiger partial charge on any atom is 0.260 e. The van der Waals surface area contributed by atoms with Crippen LogP contribution >= 0.6 is 0 Å². The first kappa shape index (κ1) is 11.6. The second kappa shape index (κ2) is 4.18. The lowest BCUT2D eigenvalue weighted by Crippen LogP contribution is -2.38. The standard InChI is InChI=1S/C10H17N3O2S/c1-8-3-5-13(6-4-8)16(14,15)10-7-11-9(2)12-10/h7-8H,3-6H2,1-2H3,(H,11,12). The molecule has 0 amide bonds. The summed E-state index contributed by atoms with van der Waals surface area (Å²) in [4.78, 5) is 6.72. The van der Waals surface area contributed by atoms with Crippen molar-refractivity contribution in [1.29, 1.82) is 0 Å². The Morgan fingerprint density at radius 1 is 1.44 bits per heavy atom. The number of rotatable bonds is 2. The fourth-order valence-electron chi connectivity index (χ4n) is 1.89. The van der Waals surface area contributed by atoms with Crippen LogP contribution in [0.5, 0.6) is 0 Å². The van der Waals surface area contributed by atoms with Gasteiger partial charge in [0.05, 0.1) is 6.20 Å². The molecule has 0 bridgehead atoms. The fraction of sp³-hybridized carbons (Fsp3) is 0.700. The molecule has 0 unspecified atom stereocenters. The molecule has 1 N–H and O–H groups in total. The third kappa shape index (κ3) is 2.12.